The number of fused-ring (bicyclic) bond motifs is 1. The topological polar surface area (TPSA) is 80.1 Å². The van der Waals surface area contributed by atoms with Crippen LogP contribution in [-0.4, -0.2) is 40.8 Å². The maximum Gasteiger partial charge on any atom is 0.266 e. The molecule has 0 bridgehead atoms. The van der Waals surface area contributed by atoms with E-state index in [0.29, 0.717) is 19.5 Å². The molecule has 2 heterocycles. The molecule has 3 aromatic rings. The molecule has 0 saturated carbocycles. The van der Waals surface area contributed by atoms with Crippen LogP contribution in [0.25, 0.3) is 10.2 Å². The molecule has 0 fully saturated rings. The third-order valence-corrected chi connectivity index (χ3v) is 5.60. The summed E-state index contributed by atoms with van der Waals surface area (Å²) in [6.45, 7) is 5.33. The van der Waals surface area contributed by atoms with Crippen molar-refractivity contribution in [3.8, 4) is 0 Å². The van der Waals surface area contributed by atoms with E-state index >= 15 is 0 Å². The van der Waals surface area contributed by atoms with E-state index in [1.807, 2.05) is 18.9 Å². The molecule has 1 amide bonds. The molecule has 2 aromatic heterocycles. The second-order valence-electron chi connectivity index (χ2n) is 6.52. The minimum atomic E-state index is -0.134. The molecule has 0 aliphatic rings. The smallest absolute Gasteiger partial charge is 0.266 e. The Labute approximate surface area is 161 Å². The van der Waals surface area contributed by atoms with Crippen molar-refractivity contribution in [3.05, 3.63) is 51.9 Å². The van der Waals surface area contributed by atoms with Crippen LogP contribution in [0, 0.1) is 13.8 Å². The van der Waals surface area contributed by atoms with Gasteiger partial charge >= 0.3 is 0 Å². The van der Waals surface area contributed by atoms with Crippen molar-refractivity contribution in [1.29, 1.82) is 0 Å². The number of hydrogen-bond acceptors (Lipinski definition) is 6. The molecule has 142 valence electrons. The summed E-state index contributed by atoms with van der Waals surface area (Å²) >= 11 is 1.60. The molecule has 0 atom stereocenters. The average molecular weight is 385 g/mol. The predicted molar refractivity (Wildman–Crippen MR) is 108 cm³/mol. The van der Waals surface area contributed by atoms with Gasteiger partial charge in [0.2, 0.25) is 5.91 Å². The van der Waals surface area contributed by atoms with E-state index in [1.165, 1.54) is 16.3 Å². The van der Waals surface area contributed by atoms with Gasteiger partial charge in [-0.1, -0.05) is 23.5 Å². The highest BCUT2D eigenvalue weighted by Gasteiger charge is 2.14. The van der Waals surface area contributed by atoms with Crippen molar-refractivity contribution in [3.63, 3.8) is 0 Å². The number of likely N-dealkylation sites (N-methyl/N-ethyl adjacent to an activating group) is 1. The SMILES string of the molecule is Cc1ccc(C)c2sc(N(C)CC(=O)NCCCn3ncccc3=O)nc12. The highest BCUT2D eigenvalue weighted by Crippen LogP contribution is 2.32. The van der Waals surface area contributed by atoms with Crippen LogP contribution in [0.5, 0.6) is 0 Å². The standard InChI is InChI=1S/C19H23N5O2S/c1-13-7-8-14(2)18-17(13)22-19(27-18)23(3)12-15(25)20-9-5-11-24-16(26)6-4-10-21-24/h4,6-8,10H,5,9,11-12H2,1-3H3,(H,20,25). The Bertz CT molecular complexity index is 972. The zero-order chi connectivity index (χ0) is 19.4. The summed E-state index contributed by atoms with van der Waals surface area (Å²) in [4.78, 5) is 30.3. The lowest BCUT2D eigenvalue weighted by Gasteiger charge is -2.15. The first-order valence-electron chi connectivity index (χ1n) is 8.82. The lowest BCUT2D eigenvalue weighted by Crippen LogP contribution is -2.36. The molecule has 27 heavy (non-hydrogen) atoms. The maximum absolute atomic E-state index is 12.2. The molecule has 3 rings (SSSR count). The fourth-order valence-corrected chi connectivity index (χ4v) is 3.83. The van der Waals surface area contributed by atoms with Crippen LogP contribution in [0.4, 0.5) is 5.13 Å². The largest absolute Gasteiger partial charge is 0.354 e. The quantitative estimate of drug-likeness (QED) is 0.630. The van der Waals surface area contributed by atoms with E-state index in [-0.39, 0.29) is 18.0 Å². The summed E-state index contributed by atoms with van der Waals surface area (Å²) < 4.78 is 2.56. The molecule has 0 aliphatic heterocycles. The Balaban J connectivity index is 1.52. The van der Waals surface area contributed by atoms with E-state index in [1.54, 1.807) is 23.6 Å². The monoisotopic (exact) mass is 385 g/mol. The minimum Gasteiger partial charge on any atom is -0.354 e. The average Bonchev–Trinajstić information content (AvgIpc) is 3.10. The van der Waals surface area contributed by atoms with Gasteiger partial charge in [0.1, 0.15) is 0 Å². The number of nitrogens with zero attached hydrogens (tertiary/aromatic N) is 4. The lowest BCUT2D eigenvalue weighted by atomic mass is 10.1. The zero-order valence-electron chi connectivity index (χ0n) is 15.7. The summed E-state index contributed by atoms with van der Waals surface area (Å²) in [5.41, 5.74) is 3.20. The van der Waals surface area contributed by atoms with Crippen LogP contribution in [0.1, 0.15) is 17.5 Å². The van der Waals surface area contributed by atoms with Gasteiger partial charge in [-0.15, -0.1) is 0 Å². The van der Waals surface area contributed by atoms with Gasteiger partial charge in [-0.05, 0) is 37.5 Å². The molecule has 0 unspecified atom stereocenters. The second kappa shape index (κ2) is 8.30. The number of hydrogen-bond donors (Lipinski definition) is 1. The van der Waals surface area contributed by atoms with Crippen molar-refractivity contribution in [2.45, 2.75) is 26.8 Å². The number of benzene rings is 1. The van der Waals surface area contributed by atoms with Gasteiger partial charge in [0.05, 0.1) is 16.8 Å². The van der Waals surface area contributed by atoms with Crippen LogP contribution in [0.2, 0.25) is 0 Å². The van der Waals surface area contributed by atoms with Crippen molar-refractivity contribution in [1.82, 2.24) is 20.1 Å². The van der Waals surface area contributed by atoms with Crippen molar-refractivity contribution in [2.75, 3.05) is 25.0 Å². The fraction of sp³-hybridized carbons (Fsp3) is 0.368. The molecule has 7 nitrogen and oxygen atoms in total. The molecule has 0 spiro atoms. The van der Waals surface area contributed by atoms with Crippen LogP contribution in [-0.2, 0) is 11.3 Å². The van der Waals surface area contributed by atoms with Gasteiger partial charge in [-0.2, -0.15) is 5.10 Å². The van der Waals surface area contributed by atoms with E-state index in [4.69, 9.17) is 4.98 Å². The van der Waals surface area contributed by atoms with Crippen LogP contribution in [0.15, 0.2) is 35.3 Å². The van der Waals surface area contributed by atoms with Gasteiger partial charge in [0, 0.05) is 32.4 Å². The summed E-state index contributed by atoms with van der Waals surface area (Å²) in [6, 6.07) is 7.25. The molecule has 0 saturated heterocycles. The number of aryl methyl sites for hydroxylation is 3. The van der Waals surface area contributed by atoms with Gasteiger partial charge in [0.15, 0.2) is 5.13 Å². The number of rotatable bonds is 7. The van der Waals surface area contributed by atoms with Crippen LogP contribution >= 0.6 is 11.3 Å². The summed E-state index contributed by atoms with van der Waals surface area (Å²) in [5.74, 6) is -0.0708. The minimum absolute atomic E-state index is 0.0708. The Morgan fingerprint density at radius 2 is 2.04 bits per heavy atom. The Morgan fingerprint density at radius 1 is 1.26 bits per heavy atom. The molecular formula is C19H23N5O2S. The third-order valence-electron chi connectivity index (χ3n) is 4.29. The van der Waals surface area contributed by atoms with E-state index in [9.17, 15) is 9.59 Å². The van der Waals surface area contributed by atoms with Gasteiger partial charge < -0.3 is 10.2 Å². The van der Waals surface area contributed by atoms with Crippen molar-refractivity contribution in [2.24, 2.45) is 0 Å². The highest BCUT2D eigenvalue weighted by molar-refractivity contribution is 7.22. The predicted octanol–water partition coefficient (Wildman–Crippen LogP) is 2.11. The van der Waals surface area contributed by atoms with Gasteiger partial charge in [-0.3, -0.25) is 9.59 Å². The van der Waals surface area contributed by atoms with Gasteiger partial charge in [-0.25, -0.2) is 9.67 Å². The second-order valence-corrected chi connectivity index (χ2v) is 7.50. The molecule has 0 aliphatic carbocycles. The Kier molecular flexibility index (Phi) is 5.85. The lowest BCUT2D eigenvalue weighted by molar-refractivity contribution is -0.119. The van der Waals surface area contributed by atoms with E-state index < -0.39 is 0 Å². The Morgan fingerprint density at radius 3 is 2.78 bits per heavy atom. The summed E-state index contributed by atoms with van der Waals surface area (Å²) in [5, 5.41) is 7.71. The van der Waals surface area contributed by atoms with E-state index in [0.717, 1.165) is 20.9 Å². The molecular weight excluding hydrogens is 362 g/mol. The number of thiazole rings is 1. The highest BCUT2D eigenvalue weighted by atomic mass is 32.1. The van der Waals surface area contributed by atoms with Crippen LogP contribution < -0.4 is 15.8 Å². The number of anilines is 1. The fourth-order valence-electron chi connectivity index (χ4n) is 2.76. The van der Waals surface area contributed by atoms with Gasteiger partial charge in [0.25, 0.3) is 5.56 Å². The molecule has 1 aromatic carbocycles. The number of nitrogens with one attached hydrogen (secondary N) is 1. The van der Waals surface area contributed by atoms with Crippen molar-refractivity contribution < 1.29 is 4.79 Å². The number of carbonyl (C=O) groups excluding carboxylic acids is 1. The molecule has 0 radical (unpaired) electrons. The Hall–Kier alpha value is -2.74. The van der Waals surface area contributed by atoms with Crippen molar-refractivity contribution >= 4 is 32.6 Å². The maximum atomic E-state index is 12.2. The number of carbonyl (C=O) groups is 1. The first kappa shape index (κ1) is 19.0. The normalized spacial score (nSPS) is 10.9. The molecule has 8 heteroatoms. The van der Waals surface area contributed by atoms with Crippen LogP contribution in [0.3, 0.4) is 0 Å². The van der Waals surface area contributed by atoms with E-state index in [2.05, 4.69) is 29.5 Å². The first-order valence-corrected chi connectivity index (χ1v) is 9.64. The first-order chi connectivity index (χ1) is 13.0. The summed E-state index contributed by atoms with van der Waals surface area (Å²) in [6.07, 6.45) is 2.22. The summed E-state index contributed by atoms with van der Waals surface area (Å²) in [7, 11) is 1.87. The number of aromatic nitrogens is 3. The molecule has 1 N–H and O–H groups in total. The number of amides is 1. The third kappa shape index (κ3) is 4.51. The zero-order valence-corrected chi connectivity index (χ0v) is 16.5.